The van der Waals surface area contributed by atoms with Crippen LogP contribution in [-0.2, 0) is 6.42 Å². The average Bonchev–Trinajstić information content (AvgIpc) is 2.37. The van der Waals surface area contributed by atoms with Crippen LogP contribution in [0, 0.1) is 0 Å². The van der Waals surface area contributed by atoms with E-state index in [1.165, 1.54) is 24.1 Å². The van der Waals surface area contributed by atoms with Gasteiger partial charge in [-0.3, -0.25) is 0 Å². The first-order valence-corrected chi connectivity index (χ1v) is 6.43. The summed E-state index contributed by atoms with van der Waals surface area (Å²) in [6.45, 7) is 3.27. The van der Waals surface area contributed by atoms with Crippen LogP contribution in [0.2, 0.25) is 0 Å². The fourth-order valence-corrected chi connectivity index (χ4v) is 2.50. The number of aliphatic hydroxyl groups excluding tert-OH is 1. The number of aliphatic hydroxyl groups is 1. The maximum absolute atomic E-state index is 8.98. The summed E-state index contributed by atoms with van der Waals surface area (Å²) in [5.41, 5.74) is 8.56. The molecule has 0 radical (unpaired) electrons. The first-order valence-electron chi connectivity index (χ1n) is 6.43. The summed E-state index contributed by atoms with van der Waals surface area (Å²) in [5, 5.41) is 8.98. The molecule has 0 bridgehead atoms. The number of benzene rings is 1. The van der Waals surface area contributed by atoms with Gasteiger partial charge in [0.15, 0.2) is 0 Å². The number of nitrogens with zero attached hydrogens (tertiary/aromatic N) is 1. The second-order valence-corrected chi connectivity index (χ2v) is 4.94. The van der Waals surface area contributed by atoms with Gasteiger partial charge in [0.05, 0.1) is 6.61 Å². The Kier molecular flexibility index (Phi) is 4.02. The molecule has 2 unspecified atom stereocenters. The van der Waals surface area contributed by atoms with Gasteiger partial charge in [-0.25, -0.2) is 0 Å². The summed E-state index contributed by atoms with van der Waals surface area (Å²) in [7, 11) is 0. The zero-order valence-corrected chi connectivity index (χ0v) is 10.5. The van der Waals surface area contributed by atoms with Crippen molar-refractivity contribution in [1.82, 2.24) is 0 Å². The zero-order chi connectivity index (χ0) is 12.3. The number of fused-ring (bicyclic) bond motifs is 1. The molecule has 1 aliphatic heterocycles. The summed E-state index contributed by atoms with van der Waals surface area (Å²) in [4.78, 5) is 2.42. The van der Waals surface area contributed by atoms with Crippen molar-refractivity contribution < 1.29 is 5.11 Å². The Hall–Kier alpha value is -1.06. The molecule has 1 aromatic rings. The second kappa shape index (κ2) is 5.52. The van der Waals surface area contributed by atoms with Gasteiger partial charge in [-0.2, -0.15) is 0 Å². The van der Waals surface area contributed by atoms with Crippen molar-refractivity contribution in [3.63, 3.8) is 0 Å². The molecule has 0 spiro atoms. The maximum atomic E-state index is 8.98. The summed E-state index contributed by atoms with van der Waals surface area (Å²) >= 11 is 0. The average molecular weight is 234 g/mol. The summed E-state index contributed by atoms with van der Waals surface area (Å²) < 4.78 is 0. The molecule has 2 rings (SSSR count). The van der Waals surface area contributed by atoms with Gasteiger partial charge in [-0.05, 0) is 37.8 Å². The van der Waals surface area contributed by atoms with E-state index in [9.17, 15) is 0 Å². The molecular weight excluding hydrogens is 212 g/mol. The zero-order valence-electron chi connectivity index (χ0n) is 10.5. The van der Waals surface area contributed by atoms with E-state index in [0.717, 1.165) is 13.0 Å². The molecule has 1 aromatic carbocycles. The number of para-hydroxylation sites is 1. The van der Waals surface area contributed by atoms with Crippen LogP contribution in [0.3, 0.4) is 0 Å². The fraction of sp³-hybridized carbons (Fsp3) is 0.571. The van der Waals surface area contributed by atoms with Gasteiger partial charge < -0.3 is 15.7 Å². The lowest BCUT2D eigenvalue weighted by Gasteiger charge is -2.37. The lowest BCUT2D eigenvalue weighted by molar-refractivity contribution is 0.260. The van der Waals surface area contributed by atoms with Crippen molar-refractivity contribution in [1.29, 1.82) is 0 Å². The highest BCUT2D eigenvalue weighted by atomic mass is 16.3. The van der Waals surface area contributed by atoms with Crippen molar-refractivity contribution in [2.45, 2.75) is 38.3 Å². The van der Waals surface area contributed by atoms with Crippen LogP contribution in [0.15, 0.2) is 24.3 Å². The highest BCUT2D eigenvalue weighted by Gasteiger charge is 2.22. The summed E-state index contributed by atoms with van der Waals surface area (Å²) in [6, 6.07) is 9.06. The van der Waals surface area contributed by atoms with Crippen molar-refractivity contribution in [3.05, 3.63) is 29.8 Å². The molecule has 3 N–H and O–H groups in total. The number of hydrogen-bond acceptors (Lipinski definition) is 3. The molecular formula is C14H22N2O. The van der Waals surface area contributed by atoms with Gasteiger partial charge >= 0.3 is 0 Å². The van der Waals surface area contributed by atoms with E-state index >= 15 is 0 Å². The molecule has 0 amide bonds. The van der Waals surface area contributed by atoms with Crippen LogP contribution >= 0.6 is 0 Å². The molecule has 17 heavy (non-hydrogen) atoms. The van der Waals surface area contributed by atoms with E-state index < -0.39 is 0 Å². The van der Waals surface area contributed by atoms with Crippen LogP contribution < -0.4 is 10.6 Å². The Morgan fingerprint density at radius 2 is 2.24 bits per heavy atom. The Morgan fingerprint density at radius 3 is 3.00 bits per heavy atom. The summed E-state index contributed by atoms with van der Waals surface area (Å²) in [5.74, 6) is 0. The smallest absolute Gasteiger partial charge is 0.0583 e. The van der Waals surface area contributed by atoms with Crippen LogP contribution in [0.1, 0.15) is 25.3 Å². The van der Waals surface area contributed by atoms with Gasteiger partial charge in [-0.15, -0.1) is 0 Å². The highest BCUT2D eigenvalue weighted by molar-refractivity contribution is 5.56. The third-order valence-electron chi connectivity index (χ3n) is 3.64. The monoisotopic (exact) mass is 234 g/mol. The van der Waals surface area contributed by atoms with Gasteiger partial charge in [0.25, 0.3) is 0 Å². The molecule has 1 heterocycles. The van der Waals surface area contributed by atoms with E-state index in [1.54, 1.807) is 0 Å². The normalized spacial score (nSPS) is 21.1. The van der Waals surface area contributed by atoms with E-state index in [0.29, 0.717) is 6.04 Å². The molecule has 0 aliphatic carbocycles. The molecule has 1 aliphatic rings. The number of anilines is 1. The number of nitrogens with two attached hydrogens (primary N) is 1. The predicted octanol–water partition coefficient (Wildman–Crippen LogP) is 1.54. The lowest BCUT2D eigenvalue weighted by Crippen LogP contribution is -2.40. The topological polar surface area (TPSA) is 49.5 Å². The number of rotatable bonds is 4. The van der Waals surface area contributed by atoms with Crippen LogP contribution in [0.4, 0.5) is 5.69 Å². The SMILES string of the molecule is CC1CCc2ccccc2N1CCC(N)CO. The lowest BCUT2D eigenvalue weighted by atomic mass is 9.96. The molecule has 3 nitrogen and oxygen atoms in total. The molecule has 94 valence electrons. The molecule has 0 aromatic heterocycles. The van der Waals surface area contributed by atoms with Gasteiger partial charge in [0.1, 0.15) is 0 Å². The van der Waals surface area contributed by atoms with Crippen molar-refractivity contribution >= 4 is 5.69 Å². The number of hydrogen-bond donors (Lipinski definition) is 2. The quantitative estimate of drug-likeness (QED) is 0.831. The summed E-state index contributed by atoms with van der Waals surface area (Å²) in [6.07, 6.45) is 3.21. The van der Waals surface area contributed by atoms with Crippen LogP contribution in [0.5, 0.6) is 0 Å². The largest absolute Gasteiger partial charge is 0.395 e. The van der Waals surface area contributed by atoms with Gasteiger partial charge in [0, 0.05) is 24.3 Å². The molecule has 0 saturated carbocycles. The van der Waals surface area contributed by atoms with E-state index in [2.05, 4.69) is 36.1 Å². The molecule has 0 saturated heterocycles. The Labute approximate surface area is 103 Å². The molecule has 3 heteroatoms. The predicted molar refractivity (Wildman–Crippen MR) is 71.2 cm³/mol. The van der Waals surface area contributed by atoms with Gasteiger partial charge in [0.2, 0.25) is 0 Å². The molecule has 0 fully saturated rings. The van der Waals surface area contributed by atoms with Crippen molar-refractivity contribution in [2.75, 3.05) is 18.1 Å². The highest BCUT2D eigenvalue weighted by Crippen LogP contribution is 2.30. The minimum Gasteiger partial charge on any atom is -0.395 e. The maximum Gasteiger partial charge on any atom is 0.0583 e. The standard InChI is InChI=1S/C14H22N2O/c1-11-6-7-12-4-2-3-5-14(12)16(11)9-8-13(15)10-17/h2-5,11,13,17H,6-10,15H2,1H3. The minimum atomic E-state index is -0.101. The van der Waals surface area contributed by atoms with Crippen molar-refractivity contribution in [2.24, 2.45) is 5.73 Å². The second-order valence-electron chi connectivity index (χ2n) is 4.94. The Morgan fingerprint density at radius 1 is 1.47 bits per heavy atom. The fourth-order valence-electron chi connectivity index (χ4n) is 2.50. The minimum absolute atomic E-state index is 0.0733. The third-order valence-corrected chi connectivity index (χ3v) is 3.64. The Balaban J connectivity index is 2.10. The van der Waals surface area contributed by atoms with E-state index in [1.807, 2.05) is 0 Å². The Bertz CT molecular complexity index is 367. The van der Waals surface area contributed by atoms with Crippen molar-refractivity contribution in [3.8, 4) is 0 Å². The van der Waals surface area contributed by atoms with E-state index in [-0.39, 0.29) is 12.6 Å². The number of aryl methyl sites for hydroxylation is 1. The van der Waals surface area contributed by atoms with Crippen LogP contribution in [0.25, 0.3) is 0 Å². The van der Waals surface area contributed by atoms with Crippen LogP contribution in [-0.4, -0.2) is 30.3 Å². The third kappa shape index (κ3) is 2.79. The molecule has 2 atom stereocenters. The first-order chi connectivity index (χ1) is 8.22. The van der Waals surface area contributed by atoms with Gasteiger partial charge in [-0.1, -0.05) is 18.2 Å². The first kappa shape index (κ1) is 12.4. The van der Waals surface area contributed by atoms with E-state index in [4.69, 9.17) is 10.8 Å².